The van der Waals surface area contributed by atoms with Crippen LogP contribution in [0.15, 0.2) is 53.3 Å². The molecule has 0 atom stereocenters. The Balaban J connectivity index is 2.39. The molecule has 0 bridgehead atoms. The van der Waals surface area contributed by atoms with Crippen LogP contribution in [0.1, 0.15) is 19.8 Å². The molecule has 0 amide bonds. The third kappa shape index (κ3) is 5.88. The molecule has 0 spiro atoms. The first-order valence-corrected chi connectivity index (χ1v) is 5.89. The largest absolute Gasteiger partial charge is 0.405 e. The summed E-state index contributed by atoms with van der Waals surface area (Å²) in [5.41, 5.74) is 8.51. The zero-order valence-corrected chi connectivity index (χ0v) is 10.4. The molecule has 0 aromatic heterocycles. The van der Waals surface area contributed by atoms with Crippen molar-refractivity contribution in [3.05, 3.63) is 48.4 Å². The van der Waals surface area contributed by atoms with E-state index in [0.717, 1.165) is 30.8 Å². The minimum Gasteiger partial charge on any atom is -0.405 e. The van der Waals surface area contributed by atoms with Gasteiger partial charge in [0.05, 0.1) is 5.71 Å². The molecule has 0 saturated heterocycles. The molecule has 3 N–H and O–H groups in total. The van der Waals surface area contributed by atoms with Gasteiger partial charge in [0.2, 0.25) is 0 Å². The molecule has 0 unspecified atom stereocenters. The highest BCUT2D eigenvalue weighted by molar-refractivity contribution is 5.97. The van der Waals surface area contributed by atoms with Crippen molar-refractivity contribution in [1.29, 1.82) is 0 Å². The normalized spacial score (nSPS) is 16.3. The Kier molecular flexibility index (Phi) is 6.04. The summed E-state index contributed by atoms with van der Waals surface area (Å²) in [6.07, 6.45) is 12.1. The Morgan fingerprint density at radius 3 is 3.06 bits per heavy atom. The van der Waals surface area contributed by atoms with Crippen molar-refractivity contribution in [3.8, 4) is 0 Å². The van der Waals surface area contributed by atoms with Crippen molar-refractivity contribution in [1.82, 2.24) is 5.32 Å². The second-order valence-corrected chi connectivity index (χ2v) is 4.09. The van der Waals surface area contributed by atoms with Crippen LogP contribution >= 0.6 is 0 Å². The molecule has 1 rings (SSSR count). The number of rotatable bonds is 6. The van der Waals surface area contributed by atoms with Crippen LogP contribution in [0.5, 0.6) is 0 Å². The molecule has 92 valence electrons. The molecule has 1 aliphatic carbocycles. The summed E-state index contributed by atoms with van der Waals surface area (Å²) >= 11 is 0. The molecule has 0 fully saturated rings. The quantitative estimate of drug-likeness (QED) is 0.689. The highest BCUT2D eigenvalue weighted by atomic mass is 14.9. The molecule has 1 aliphatic rings. The van der Waals surface area contributed by atoms with Crippen LogP contribution < -0.4 is 11.1 Å². The topological polar surface area (TPSA) is 50.4 Å². The van der Waals surface area contributed by atoms with Crippen LogP contribution in [0.3, 0.4) is 0 Å². The summed E-state index contributed by atoms with van der Waals surface area (Å²) in [6, 6.07) is 0. The Morgan fingerprint density at radius 1 is 1.65 bits per heavy atom. The predicted molar refractivity (Wildman–Crippen MR) is 74.9 cm³/mol. The maximum absolute atomic E-state index is 5.38. The maximum Gasteiger partial charge on any atom is 0.0558 e. The van der Waals surface area contributed by atoms with Crippen LogP contribution in [0.2, 0.25) is 0 Å². The molecule has 0 heterocycles. The van der Waals surface area contributed by atoms with Gasteiger partial charge in [-0.15, -0.1) is 0 Å². The van der Waals surface area contributed by atoms with Gasteiger partial charge in [0.25, 0.3) is 0 Å². The van der Waals surface area contributed by atoms with Crippen molar-refractivity contribution in [2.24, 2.45) is 10.7 Å². The zero-order valence-electron chi connectivity index (χ0n) is 10.4. The van der Waals surface area contributed by atoms with E-state index in [2.05, 4.69) is 35.1 Å². The van der Waals surface area contributed by atoms with E-state index in [1.54, 1.807) is 6.08 Å². The molecular formula is C14H21N3. The van der Waals surface area contributed by atoms with Crippen molar-refractivity contribution < 1.29 is 0 Å². The molecule has 0 radical (unpaired) electrons. The molecule has 3 nitrogen and oxygen atoms in total. The van der Waals surface area contributed by atoms with Gasteiger partial charge in [0.1, 0.15) is 0 Å². The third-order valence-corrected chi connectivity index (χ3v) is 2.38. The van der Waals surface area contributed by atoms with Gasteiger partial charge in [-0.05, 0) is 32.0 Å². The first kappa shape index (κ1) is 13.5. The highest BCUT2D eigenvalue weighted by Crippen LogP contribution is 2.09. The number of nitrogens with one attached hydrogen (secondary N) is 1. The van der Waals surface area contributed by atoms with E-state index in [-0.39, 0.29) is 0 Å². The summed E-state index contributed by atoms with van der Waals surface area (Å²) in [7, 11) is 0. The van der Waals surface area contributed by atoms with Gasteiger partial charge in [-0.2, -0.15) is 0 Å². The van der Waals surface area contributed by atoms with E-state index in [9.17, 15) is 0 Å². The minimum absolute atomic E-state index is 0.710. The first-order chi connectivity index (χ1) is 8.22. The van der Waals surface area contributed by atoms with Gasteiger partial charge >= 0.3 is 0 Å². The van der Waals surface area contributed by atoms with Crippen molar-refractivity contribution in [3.63, 3.8) is 0 Å². The fourth-order valence-corrected chi connectivity index (χ4v) is 1.64. The minimum atomic E-state index is 0.710. The van der Waals surface area contributed by atoms with Gasteiger partial charge in [0, 0.05) is 18.8 Å². The lowest BCUT2D eigenvalue weighted by molar-refractivity contribution is 0.786. The van der Waals surface area contributed by atoms with E-state index < -0.39 is 0 Å². The fraction of sp³-hybridized carbons (Fsp3) is 0.357. The van der Waals surface area contributed by atoms with Crippen molar-refractivity contribution in [2.75, 3.05) is 13.1 Å². The average molecular weight is 231 g/mol. The fourth-order valence-electron chi connectivity index (χ4n) is 1.64. The van der Waals surface area contributed by atoms with Gasteiger partial charge < -0.3 is 11.1 Å². The second kappa shape index (κ2) is 7.63. The molecular weight excluding hydrogens is 210 g/mol. The molecule has 0 aromatic rings. The number of nitrogens with zero attached hydrogens (tertiary/aromatic N) is 1. The summed E-state index contributed by atoms with van der Waals surface area (Å²) in [5.74, 6) is 0. The van der Waals surface area contributed by atoms with Crippen molar-refractivity contribution >= 4 is 5.71 Å². The van der Waals surface area contributed by atoms with Crippen LogP contribution in [0, 0.1) is 0 Å². The Labute approximate surface area is 104 Å². The molecule has 3 heteroatoms. The van der Waals surface area contributed by atoms with Gasteiger partial charge in [-0.3, -0.25) is 4.99 Å². The van der Waals surface area contributed by atoms with E-state index in [1.807, 2.05) is 6.92 Å². The van der Waals surface area contributed by atoms with E-state index in [4.69, 9.17) is 5.73 Å². The highest BCUT2D eigenvalue weighted by Gasteiger charge is 2.00. The summed E-state index contributed by atoms with van der Waals surface area (Å²) < 4.78 is 0. The maximum atomic E-state index is 5.38. The second-order valence-electron chi connectivity index (χ2n) is 4.09. The Morgan fingerprint density at radius 2 is 2.47 bits per heavy atom. The molecule has 0 saturated carbocycles. The number of aliphatic imine (C=N–C) groups is 1. The lowest BCUT2D eigenvalue weighted by atomic mass is 10.1. The van der Waals surface area contributed by atoms with Gasteiger partial charge in [0.15, 0.2) is 0 Å². The Bertz CT molecular complexity index is 373. The monoisotopic (exact) mass is 231 g/mol. The summed E-state index contributed by atoms with van der Waals surface area (Å²) in [5, 5.41) is 3.36. The predicted octanol–water partition coefficient (Wildman–Crippen LogP) is 2.30. The molecule has 0 aliphatic heterocycles. The molecule has 17 heavy (non-hydrogen) atoms. The van der Waals surface area contributed by atoms with E-state index >= 15 is 0 Å². The van der Waals surface area contributed by atoms with E-state index in [1.165, 1.54) is 11.8 Å². The third-order valence-electron chi connectivity index (χ3n) is 2.38. The Hall–Kier alpha value is -1.61. The van der Waals surface area contributed by atoms with Gasteiger partial charge in [-0.1, -0.05) is 30.4 Å². The number of nitrogens with two attached hydrogens (primary N) is 1. The lowest BCUT2D eigenvalue weighted by Gasteiger charge is -2.10. The van der Waals surface area contributed by atoms with Gasteiger partial charge in [-0.25, -0.2) is 0 Å². The van der Waals surface area contributed by atoms with Crippen LogP contribution in [0.4, 0.5) is 0 Å². The first-order valence-electron chi connectivity index (χ1n) is 5.89. The number of allylic oxidation sites excluding steroid dienone is 4. The standard InChI is InChI=1S/C14H21N3/c1-12(2)17-14(8-9-15)11-16-10-13-6-4-3-5-7-13/h3-4,6,8-9,16H,1,5,7,10-11,15H2,2H3/b9-8-,17-14+. The number of hydrogen-bond acceptors (Lipinski definition) is 3. The van der Waals surface area contributed by atoms with E-state index in [0.29, 0.717) is 6.54 Å². The van der Waals surface area contributed by atoms with Crippen LogP contribution in [-0.2, 0) is 0 Å². The summed E-state index contributed by atoms with van der Waals surface area (Å²) in [6.45, 7) is 7.25. The SMILES string of the molecule is C=C(C)/N=C(\C=C/N)CNCC1=CC=CCC1. The molecule has 0 aromatic carbocycles. The van der Waals surface area contributed by atoms with Crippen molar-refractivity contribution in [2.45, 2.75) is 19.8 Å². The zero-order chi connectivity index (χ0) is 12.5. The number of hydrogen-bond donors (Lipinski definition) is 2. The average Bonchev–Trinajstić information content (AvgIpc) is 2.30. The van der Waals surface area contributed by atoms with Crippen LogP contribution in [0.25, 0.3) is 0 Å². The van der Waals surface area contributed by atoms with Crippen LogP contribution in [-0.4, -0.2) is 18.8 Å². The summed E-state index contributed by atoms with van der Waals surface area (Å²) in [4.78, 5) is 4.31. The lowest BCUT2D eigenvalue weighted by Crippen LogP contribution is -2.24. The smallest absolute Gasteiger partial charge is 0.0558 e.